The van der Waals surface area contributed by atoms with Gasteiger partial charge < -0.3 is 20.4 Å². The van der Waals surface area contributed by atoms with Crippen LogP contribution in [0.5, 0.6) is 5.75 Å². The minimum Gasteiger partial charge on any atom is -0.511 e. The number of ketones is 4. The summed E-state index contributed by atoms with van der Waals surface area (Å²) < 4.78 is 0. The van der Waals surface area contributed by atoms with E-state index in [2.05, 4.69) is 0 Å². The summed E-state index contributed by atoms with van der Waals surface area (Å²) in [6.07, 6.45) is -0.0186. The molecule has 0 unspecified atom stereocenters. The molecule has 8 nitrogen and oxygen atoms in total. The quantitative estimate of drug-likeness (QED) is 0.425. The molecule has 3 atom stereocenters. The molecule has 0 aliphatic heterocycles. The first-order valence-corrected chi connectivity index (χ1v) is 9.54. The molecule has 0 saturated carbocycles. The summed E-state index contributed by atoms with van der Waals surface area (Å²) in [4.78, 5) is 49.9. The van der Waals surface area contributed by atoms with Crippen LogP contribution in [0.1, 0.15) is 53.0 Å². The number of carbonyl (C=O) groups is 4. The third kappa shape index (κ3) is 2.43. The van der Waals surface area contributed by atoms with Gasteiger partial charge in [-0.25, -0.2) is 0 Å². The zero-order valence-corrected chi connectivity index (χ0v) is 16.4. The highest BCUT2D eigenvalue weighted by molar-refractivity contribution is 6.25. The number of phenols is 1. The van der Waals surface area contributed by atoms with Crippen LogP contribution in [-0.2, 0) is 16.0 Å². The average Bonchev–Trinajstić information content (AvgIpc) is 2.64. The number of aliphatic hydroxyl groups excluding tert-OH is 2. The molecule has 0 aromatic heterocycles. The SMILES string of the molecule is CC(=O)C1=C(O)C[C@H]2C[C@H]3Cc4c(C(C)=O)ccc(O)c4C(=O)C3=C(O)[C@@]2(O)C1=O. The van der Waals surface area contributed by atoms with E-state index in [0.717, 1.165) is 6.92 Å². The van der Waals surface area contributed by atoms with Crippen molar-refractivity contribution in [2.75, 3.05) is 0 Å². The lowest BCUT2D eigenvalue weighted by Crippen LogP contribution is -2.56. The molecule has 3 aliphatic rings. The summed E-state index contributed by atoms with van der Waals surface area (Å²) in [5.41, 5.74) is -2.83. The lowest BCUT2D eigenvalue weighted by Gasteiger charge is -2.45. The van der Waals surface area contributed by atoms with E-state index in [9.17, 15) is 39.6 Å². The largest absolute Gasteiger partial charge is 0.511 e. The van der Waals surface area contributed by atoms with E-state index in [1.165, 1.54) is 19.1 Å². The first-order valence-electron chi connectivity index (χ1n) is 9.54. The van der Waals surface area contributed by atoms with Crippen LogP contribution in [0, 0.1) is 11.8 Å². The second kappa shape index (κ2) is 6.37. The number of allylic oxidation sites excluding steroid dienone is 2. The van der Waals surface area contributed by atoms with Gasteiger partial charge in [0.05, 0.1) is 5.56 Å². The molecule has 3 aliphatic carbocycles. The van der Waals surface area contributed by atoms with Crippen molar-refractivity contribution in [2.45, 2.75) is 38.7 Å². The molecule has 1 aromatic carbocycles. The Hall–Kier alpha value is -3.26. The number of fused-ring (bicyclic) bond motifs is 3. The first kappa shape index (κ1) is 20.0. The summed E-state index contributed by atoms with van der Waals surface area (Å²) in [6, 6.07) is 2.64. The van der Waals surface area contributed by atoms with Crippen molar-refractivity contribution in [3.05, 3.63) is 51.5 Å². The van der Waals surface area contributed by atoms with Crippen LogP contribution < -0.4 is 0 Å². The van der Waals surface area contributed by atoms with Gasteiger partial charge in [-0.05, 0) is 50.3 Å². The Kier molecular flexibility index (Phi) is 4.25. The lowest BCUT2D eigenvalue weighted by molar-refractivity contribution is -0.144. The van der Waals surface area contributed by atoms with Gasteiger partial charge in [0, 0.05) is 23.5 Å². The molecule has 1 aromatic rings. The van der Waals surface area contributed by atoms with E-state index < -0.39 is 51.9 Å². The molecule has 4 N–H and O–H groups in total. The standard InChI is InChI=1S/C22H20O8/c1-8(23)12-3-4-14(25)18-13(12)6-10-5-11-7-15(26)16(9(2)24)20(28)22(11,30)21(29)17(10)19(18)27/h3-4,10-11,25-26,29-30H,5-7H2,1-2H3/t10-,11+,22-/m0/s1. The molecule has 0 heterocycles. The second-order valence-electron chi connectivity index (χ2n) is 8.14. The molecule has 0 fully saturated rings. The fourth-order valence-electron chi connectivity index (χ4n) is 5.06. The van der Waals surface area contributed by atoms with Crippen molar-refractivity contribution < 1.29 is 39.6 Å². The summed E-state index contributed by atoms with van der Waals surface area (Å²) in [5, 5.41) is 42.5. The summed E-state index contributed by atoms with van der Waals surface area (Å²) in [6.45, 7) is 2.40. The van der Waals surface area contributed by atoms with E-state index in [-0.39, 0.29) is 47.5 Å². The maximum atomic E-state index is 13.2. The maximum absolute atomic E-state index is 13.2. The number of phenolic OH excluding ortho intramolecular Hbond substituents is 1. The van der Waals surface area contributed by atoms with Crippen molar-refractivity contribution in [2.24, 2.45) is 11.8 Å². The van der Waals surface area contributed by atoms with Gasteiger partial charge in [0.2, 0.25) is 5.78 Å². The van der Waals surface area contributed by atoms with Gasteiger partial charge in [0.1, 0.15) is 22.8 Å². The highest BCUT2D eigenvalue weighted by atomic mass is 16.3. The fraction of sp³-hybridized carbons (Fsp3) is 0.364. The molecule has 156 valence electrons. The third-order valence-corrected chi connectivity index (χ3v) is 6.43. The zero-order valence-electron chi connectivity index (χ0n) is 16.4. The highest BCUT2D eigenvalue weighted by Crippen LogP contribution is 2.51. The number of hydrogen-bond donors (Lipinski definition) is 4. The van der Waals surface area contributed by atoms with Gasteiger partial charge in [-0.15, -0.1) is 0 Å². The Morgan fingerprint density at radius 2 is 1.70 bits per heavy atom. The number of aromatic hydroxyl groups is 1. The van der Waals surface area contributed by atoms with Crippen LogP contribution in [0.2, 0.25) is 0 Å². The molecule has 30 heavy (non-hydrogen) atoms. The van der Waals surface area contributed by atoms with Crippen LogP contribution >= 0.6 is 0 Å². The van der Waals surface area contributed by atoms with E-state index in [1.54, 1.807) is 0 Å². The Bertz CT molecular complexity index is 1120. The van der Waals surface area contributed by atoms with Gasteiger partial charge in [-0.3, -0.25) is 19.2 Å². The normalized spacial score (nSPS) is 28.1. The fourth-order valence-corrected chi connectivity index (χ4v) is 5.06. The number of rotatable bonds is 2. The summed E-state index contributed by atoms with van der Waals surface area (Å²) in [5.74, 6) is -6.23. The predicted molar refractivity (Wildman–Crippen MR) is 102 cm³/mol. The predicted octanol–water partition coefficient (Wildman–Crippen LogP) is 1.89. The molecule has 0 bridgehead atoms. The molecular weight excluding hydrogens is 392 g/mol. The monoisotopic (exact) mass is 412 g/mol. The van der Waals surface area contributed by atoms with Crippen molar-refractivity contribution >= 4 is 23.1 Å². The van der Waals surface area contributed by atoms with Gasteiger partial charge >= 0.3 is 0 Å². The Morgan fingerprint density at radius 3 is 2.30 bits per heavy atom. The van der Waals surface area contributed by atoms with E-state index in [1.807, 2.05) is 0 Å². The topological polar surface area (TPSA) is 149 Å². The third-order valence-electron chi connectivity index (χ3n) is 6.43. The smallest absolute Gasteiger partial charge is 0.209 e. The van der Waals surface area contributed by atoms with Gasteiger partial charge in [0.15, 0.2) is 23.0 Å². The first-order chi connectivity index (χ1) is 14.0. The Balaban J connectivity index is 1.93. The average molecular weight is 412 g/mol. The van der Waals surface area contributed by atoms with Crippen LogP contribution in [-0.4, -0.2) is 49.2 Å². The maximum Gasteiger partial charge on any atom is 0.209 e. The Morgan fingerprint density at radius 1 is 1.03 bits per heavy atom. The van der Waals surface area contributed by atoms with Crippen LogP contribution in [0.3, 0.4) is 0 Å². The van der Waals surface area contributed by atoms with Crippen LogP contribution in [0.25, 0.3) is 0 Å². The van der Waals surface area contributed by atoms with E-state index in [4.69, 9.17) is 0 Å². The molecule has 4 rings (SSSR count). The van der Waals surface area contributed by atoms with Crippen LogP contribution in [0.4, 0.5) is 0 Å². The number of carbonyl (C=O) groups excluding carboxylic acids is 4. The minimum absolute atomic E-state index is 0.0645. The molecule has 0 amide bonds. The number of aliphatic hydroxyl groups is 3. The highest BCUT2D eigenvalue weighted by Gasteiger charge is 2.59. The zero-order chi connectivity index (χ0) is 22.1. The van der Waals surface area contributed by atoms with Crippen molar-refractivity contribution in [1.82, 2.24) is 0 Å². The summed E-state index contributed by atoms with van der Waals surface area (Å²) in [7, 11) is 0. The molecule has 8 heteroatoms. The van der Waals surface area contributed by atoms with E-state index in [0.29, 0.717) is 5.56 Å². The number of Topliss-reactive ketones (excluding diaryl/α,β-unsaturated/α-hetero) is 4. The van der Waals surface area contributed by atoms with Gasteiger partial charge in [0.25, 0.3) is 0 Å². The molecule has 0 saturated heterocycles. The van der Waals surface area contributed by atoms with Gasteiger partial charge in [-0.2, -0.15) is 0 Å². The van der Waals surface area contributed by atoms with Crippen LogP contribution in [0.15, 0.2) is 34.8 Å². The number of benzene rings is 1. The molecule has 0 spiro atoms. The second-order valence-corrected chi connectivity index (χ2v) is 8.14. The summed E-state index contributed by atoms with van der Waals surface area (Å²) >= 11 is 0. The van der Waals surface area contributed by atoms with Gasteiger partial charge in [-0.1, -0.05) is 0 Å². The molecule has 0 radical (unpaired) electrons. The number of hydrogen-bond acceptors (Lipinski definition) is 8. The minimum atomic E-state index is -2.51. The van der Waals surface area contributed by atoms with Crippen molar-refractivity contribution in [3.63, 3.8) is 0 Å². The molecular formula is C22H20O8. The Labute approximate surface area is 171 Å². The lowest BCUT2D eigenvalue weighted by atomic mass is 9.60. The van der Waals surface area contributed by atoms with Crippen molar-refractivity contribution in [3.8, 4) is 5.75 Å². The van der Waals surface area contributed by atoms with Crippen molar-refractivity contribution in [1.29, 1.82) is 0 Å². The van der Waals surface area contributed by atoms with E-state index >= 15 is 0 Å².